The first-order valence-electron chi connectivity index (χ1n) is 4.31. The molecule has 2 aromatic heterocycles. The second-order valence-corrected chi connectivity index (χ2v) is 6.05. The molecule has 0 aliphatic heterocycles. The zero-order valence-corrected chi connectivity index (χ0v) is 11.4. The first-order valence-corrected chi connectivity index (χ1v) is 6.80. The van der Waals surface area contributed by atoms with Crippen LogP contribution in [0.4, 0.5) is 0 Å². The van der Waals surface area contributed by atoms with Crippen LogP contribution in [0.5, 0.6) is 0 Å². The number of hydrogen-bond donors (Lipinski definition) is 0. The molecule has 0 saturated heterocycles. The highest BCUT2D eigenvalue weighted by Crippen LogP contribution is 2.28. The van der Waals surface area contributed by atoms with Crippen LogP contribution in [0.15, 0.2) is 15.9 Å². The number of thiophene rings is 1. The molecule has 5 heteroatoms. The van der Waals surface area contributed by atoms with Gasteiger partial charge >= 0.3 is 0 Å². The summed E-state index contributed by atoms with van der Waals surface area (Å²) < 4.78 is 0.864. The van der Waals surface area contributed by atoms with Crippen molar-refractivity contribution in [1.29, 1.82) is 0 Å². The third kappa shape index (κ3) is 2.04. The number of carbonyl (C=O) groups excluding carboxylic acids is 1. The van der Waals surface area contributed by atoms with Gasteiger partial charge in [-0.3, -0.25) is 4.79 Å². The van der Waals surface area contributed by atoms with Gasteiger partial charge in [0.25, 0.3) is 0 Å². The third-order valence-corrected chi connectivity index (χ3v) is 4.84. The summed E-state index contributed by atoms with van der Waals surface area (Å²) in [6, 6.07) is 1.89. The van der Waals surface area contributed by atoms with Crippen molar-refractivity contribution in [2.24, 2.45) is 0 Å². The summed E-state index contributed by atoms with van der Waals surface area (Å²) >= 11 is 6.28. The lowest BCUT2D eigenvalue weighted by Gasteiger charge is -1.95. The van der Waals surface area contributed by atoms with E-state index in [2.05, 4.69) is 20.9 Å². The molecule has 0 fully saturated rings. The average Bonchev–Trinajstić information content (AvgIpc) is 2.71. The SMILES string of the molecule is Cc1nc(C)c(C(=O)c2sccc2Br)s1. The molecule has 0 bridgehead atoms. The van der Waals surface area contributed by atoms with Crippen molar-refractivity contribution in [2.75, 3.05) is 0 Å². The Morgan fingerprint density at radius 3 is 2.60 bits per heavy atom. The van der Waals surface area contributed by atoms with Crippen molar-refractivity contribution in [3.63, 3.8) is 0 Å². The summed E-state index contributed by atoms with van der Waals surface area (Å²) in [5.41, 5.74) is 0.822. The first kappa shape index (κ1) is 11.0. The summed E-state index contributed by atoms with van der Waals surface area (Å²) in [5.74, 6) is 0.0694. The summed E-state index contributed by atoms with van der Waals surface area (Å²) in [5, 5.41) is 2.84. The maximum atomic E-state index is 12.1. The molecule has 0 radical (unpaired) electrons. The van der Waals surface area contributed by atoms with Gasteiger partial charge in [0.15, 0.2) is 0 Å². The Morgan fingerprint density at radius 1 is 1.40 bits per heavy atom. The topological polar surface area (TPSA) is 30.0 Å². The van der Waals surface area contributed by atoms with Crippen LogP contribution in [-0.4, -0.2) is 10.8 Å². The summed E-state index contributed by atoms with van der Waals surface area (Å²) in [4.78, 5) is 17.9. The van der Waals surface area contributed by atoms with Gasteiger partial charge in [0, 0.05) is 4.47 Å². The molecule has 0 saturated carbocycles. The number of ketones is 1. The second kappa shape index (κ2) is 4.15. The second-order valence-electron chi connectivity index (χ2n) is 3.07. The van der Waals surface area contributed by atoms with E-state index in [-0.39, 0.29) is 5.78 Å². The van der Waals surface area contributed by atoms with E-state index in [4.69, 9.17) is 0 Å². The van der Waals surface area contributed by atoms with E-state index < -0.39 is 0 Å². The predicted octanol–water partition coefficient (Wildman–Crippen LogP) is 3.81. The van der Waals surface area contributed by atoms with E-state index in [9.17, 15) is 4.79 Å². The van der Waals surface area contributed by atoms with Crippen LogP contribution in [0.25, 0.3) is 0 Å². The zero-order chi connectivity index (χ0) is 11.0. The first-order chi connectivity index (χ1) is 7.09. The number of carbonyl (C=O) groups is 1. The predicted molar refractivity (Wildman–Crippen MR) is 67.0 cm³/mol. The Morgan fingerprint density at radius 2 is 2.13 bits per heavy atom. The van der Waals surface area contributed by atoms with Gasteiger partial charge in [-0.05, 0) is 41.2 Å². The molecule has 2 aromatic rings. The van der Waals surface area contributed by atoms with E-state index in [1.807, 2.05) is 25.3 Å². The molecule has 0 atom stereocenters. The quantitative estimate of drug-likeness (QED) is 0.790. The Bertz CT molecular complexity index is 515. The van der Waals surface area contributed by atoms with Crippen LogP contribution in [0.2, 0.25) is 0 Å². The fraction of sp³-hybridized carbons (Fsp3) is 0.200. The normalized spacial score (nSPS) is 10.6. The highest BCUT2D eigenvalue weighted by molar-refractivity contribution is 9.10. The van der Waals surface area contributed by atoms with Gasteiger partial charge in [-0.25, -0.2) is 4.98 Å². The molecule has 0 spiro atoms. The van der Waals surface area contributed by atoms with Gasteiger partial charge in [0.2, 0.25) is 5.78 Å². The van der Waals surface area contributed by atoms with E-state index in [0.717, 1.165) is 24.9 Å². The Hall–Kier alpha value is -0.520. The van der Waals surface area contributed by atoms with Crippen LogP contribution < -0.4 is 0 Å². The minimum atomic E-state index is 0.0694. The zero-order valence-electron chi connectivity index (χ0n) is 8.20. The van der Waals surface area contributed by atoms with Crippen LogP contribution >= 0.6 is 38.6 Å². The smallest absolute Gasteiger partial charge is 0.215 e. The molecule has 2 nitrogen and oxygen atoms in total. The maximum Gasteiger partial charge on any atom is 0.215 e. The molecule has 0 aliphatic rings. The van der Waals surface area contributed by atoms with Crippen molar-refractivity contribution < 1.29 is 4.79 Å². The highest BCUT2D eigenvalue weighted by Gasteiger charge is 2.18. The monoisotopic (exact) mass is 301 g/mol. The van der Waals surface area contributed by atoms with Crippen molar-refractivity contribution >= 4 is 44.4 Å². The van der Waals surface area contributed by atoms with Gasteiger partial charge < -0.3 is 0 Å². The molecule has 0 aliphatic carbocycles. The van der Waals surface area contributed by atoms with Gasteiger partial charge in [0.05, 0.1) is 20.5 Å². The molecule has 0 unspecified atom stereocenters. The molecule has 0 aromatic carbocycles. The Kier molecular flexibility index (Phi) is 3.04. The summed E-state index contributed by atoms with van der Waals surface area (Å²) in [6.07, 6.45) is 0. The summed E-state index contributed by atoms with van der Waals surface area (Å²) in [7, 11) is 0. The number of halogens is 1. The minimum absolute atomic E-state index is 0.0694. The fourth-order valence-corrected chi connectivity index (χ4v) is 3.73. The molecular formula is C10H8BrNOS2. The standard InChI is InChI=1S/C10H8BrNOS2/c1-5-9(15-6(2)12-5)8(13)10-7(11)3-4-14-10/h3-4H,1-2H3. The molecule has 2 rings (SSSR count). The van der Waals surface area contributed by atoms with Gasteiger partial charge in [-0.15, -0.1) is 22.7 Å². The van der Waals surface area contributed by atoms with Crippen LogP contribution in [0, 0.1) is 13.8 Å². The van der Waals surface area contributed by atoms with Gasteiger partial charge in [0.1, 0.15) is 0 Å². The van der Waals surface area contributed by atoms with Crippen molar-refractivity contribution in [1.82, 2.24) is 4.98 Å². The van der Waals surface area contributed by atoms with Crippen molar-refractivity contribution in [3.8, 4) is 0 Å². The van der Waals surface area contributed by atoms with Crippen molar-refractivity contribution in [3.05, 3.63) is 36.4 Å². The van der Waals surface area contributed by atoms with Crippen molar-refractivity contribution in [2.45, 2.75) is 13.8 Å². The van der Waals surface area contributed by atoms with Gasteiger partial charge in [-0.2, -0.15) is 0 Å². The Balaban J connectivity index is 2.45. The van der Waals surface area contributed by atoms with Crippen LogP contribution in [-0.2, 0) is 0 Å². The molecule has 15 heavy (non-hydrogen) atoms. The van der Waals surface area contributed by atoms with E-state index in [0.29, 0.717) is 0 Å². The summed E-state index contributed by atoms with van der Waals surface area (Å²) in [6.45, 7) is 3.79. The van der Waals surface area contributed by atoms with Crippen LogP contribution in [0.3, 0.4) is 0 Å². The minimum Gasteiger partial charge on any atom is -0.287 e. The van der Waals surface area contributed by atoms with E-state index >= 15 is 0 Å². The Labute approximate surface area is 104 Å². The number of rotatable bonds is 2. The number of nitrogens with zero attached hydrogens (tertiary/aromatic N) is 1. The number of hydrogen-bond acceptors (Lipinski definition) is 4. The maximum absolute atomic E-state index is 12.1. The van der Waals surface area contributed by atoms with Crippen LogP contribution in [0.1, 0.15) is 25.3 Å². The lowest BCUT2D eigenvalue weighted by Crippen LogP contribution is -1.98. The molecule has 78 valence electrons. The lowest BCUT2D eigenvalue weighted by molar-refractivity contribution is 0.104. The average molecular weight is 302 g/mol. The lowest BCUT2D eigenvalue weighted by atomic mass is 10.2. The van der Waals surface area contributed by atoms with Gasteiger partial charge in [-0.1, -0.05) is 0 Å². The highest BCUT2D eigenvalue weighted by atomic mass is 79.9. The molecule has 0 N–H and O–H groups in total. The largest absolute Gasteiger partial charge is 0.287 e. The number of aromatic nitrogens is 1. The molecule has 0 amide bonds. The fourth-order valence-electron chi connectivity index (χ4n) is 1.30. The molecular weight excluding hydrogens is 294 g/mol. The molecule has 2 heterocycles. The van der Waals surface area contributed by atoms with E-state index in [1.54, 1.807) is 0 Å². The third-order valence-electron chi connectivity index (χ3n) is 1.93. The number of thiazole rings is 1. The number of aryl methyl sites for hydroxylation is 2. The van der Waals surface area contributed by atoms with E-state index in [1.165, 1.54) is 22.7 Å².